The molecule has 2 aliphatic heterocycles. The number of aliphatic imine (C=N–C) groups is 1. The number of fused-ring (bicyclic) bond motifs is 2. The van der Waals surface area contributed by atoms with Crippen molar-refractivity contribution in [2.75, 3.05) is 36.2 Å². The van der Waals surface area contributed by atoms with Gasteiger partial charge in [-0.15, -0.1) is 10.2 Å². The molecule has 0 aliphatic carbocycles. The second-order valence-corrected chi connectivity index (χ2v) is 14.3. The summed E-state index contributed by atoms with van der Waals surface area (Å²) in [6, 6.07) is 17.0. The Kier molecular flexibility index (Phi) is 14.8. The molecular formula is C43H48F3N9O6. The fourth-order valence-electron chi connectivity index (χ4n) is 6.52. The van der Waals surface area contributed by atoms with Crippen LogP contribution >= 0.6 is 0 Å². The van der Waals surface area contributed by atoms with E-state index in [0.29, 0.717) is 67.2 Å². The number of nitrogens with two attached hydrogens (primary N) is 1. The summed E-state index contributed by atoms with van der Waals surface area (Å²) in [6.07, 6.45) is 1.92. The van der Waals surface area contributed by atoms with Gasteiger partial charge in [-0.3, -0.25) is 14.6 Å². The number of H-pyrrole nitrogens is 1. The third-order valence-corrected chi connectivity index (χ3v) is 9.49. The lowest BCUT2D eigenvalue weighted by Crippen LogP contribution is -2.34. The zero-order valence-corrected chi connectivity index (χ0v) is 34.3. The molecule has 0 saturated heterocycles. The summed E-state index contributed by atoms with van der Waals surface area (Å²) in [6.45, 7) is 9.45. The zero-order valence-electron chi connectivity index (χ0n) is 34.3. The van der Waals surface area contributed by atoms with Crippen molar-refractivity contribution < 1.29 is 41.7 Å². The van der Waals surface area contributed by atoms with Crippen LogP contribution in [0.1, 0.15) is 70.1 Å². The largest absolute Gasteiger partial charge is 0.486 e. The summed E-state index contributed by atoms with van der Waals surface area (Å²) in [5.74, 6) is 5.75. The van der Waals surface area contributed by atoms with Crippen LogP contribution in [0.4, 0.5) is 24.5 Å². The van der Waals surface area contributed by atoms with Gasteiger partial charge in [0.2, 0.25) is 17.6 Å². The van der Waals surface area contributed by atoms with E-state index < -0.39 is 17.5 Å². The van der Waals surface area contributed by atoms with Gasteiger partial charge in [0, 0.05) is 30.5 Å². The molecule has 4 N–H and O–H groups in total. The Morgan fingerprint density at radius 1 is 0.770 bits per heavy atom. The highest BCUT2D eigenvalue weighted by Gasteiger charge is 2.25. The standard InChI is InChI=1S/C24H30F2N4O3.C19H18FN5O3/c1-4-5-6-23(31)30(14-16-7-8-21-22(11-16)33-10-9-32-21)20-12-17(18(25)13-19(20)26)24(29-27)28-15(2)3;1-2-18(26)25(11-12-3-6-16-17(9-12)28-8-7-27-16)15-10-13(4-5-14(15)20)19-21-23-24-22-19/h7-8,11-13,15H,4-6,9-10,14,27H2,1-3H3,(H,28,29);3-6,9-10H,2,7-8,11H2,1H3,(H,21,22,23,24). The molecule has 1 aromatic heterocycles. The fourth-order valence-corrected chi connectivity index (χ4v) is 6.52. The Labute approximate surface area is 351 Å². The number of amidine groups is 1. The maximum Gasteiger partial charge on any atom is 0.227 e. The van der Waals surface area contributed by atoms with E-state index in [4.69, 9.17) is 24.8 Å². The number of aromatic nitrogens is 4. The predicted molar refractivity (Wildman–Crippen MR) is 222 cm³/mol. The number of rotatable bonds is 13. The van der Waals surface area contributed by atoms with Crippen LogP contribution in [0.25, 0.3) is 11.4 Å². The highest BCUT2D eigenvalue weighted by atomic mass is 19.1. The Hall–Kier alpha value is -6.69. The molecule has 2 aliphatic rings. The van der Waals surface area contributed by atoms with Crippen molar-refractivity contribution in [2.24, 2.45) is 10.8 Å². The number of ether oxygens (including phenoxy) is 4. The minimum absolute atomic E-state index is 0.0157. The normalized spacial score (nSPS) is 13.0. The summed E-state index contributed by atoms with van der Waals surface area (Å²) in [5, 5.41) is 13.7. The first-order valence-electron chi connectivity index (χ1n) is 19.9. The van der Waals surface area contributed by atoms with E-state index in [2.05, 4.69) is 31.0 Å². The number of hydrazine groups is 1. The van der Waals surface area contributed by atoms with E-state index in [1.54, 1.807) is 43.3 Å². The smallest absolute Gasteiger partial charge is 0.227 e. The van der Waals surface area contributed by atoms with Crippen LogP contribution in [0.3, 0.4) is 0 Å². The van der Waals surface area contributed by atoms with Gasteiger partial charge in [-0.1, -0.05) is 32.4 Å². The van der Waals surface area contributed by atoms with Gasteiger partial charge in [0.15, 0.2) is 23.0 Å². The number of benzene rings is 4. The quantitative estimate of drug-likeness (QED) is 0.0491. The highest BCUT2D eigenvalue weighted by Crippen LogP contribution is 2.35. The van der Waals surface area contributed by atoms with Crippen molar-refractivity contribution >= 4 is 29.0 Å². The van der Waals surface area contributed by atoms with Crippen molar-refractivity contribution in [2.45, 2.75) is 72.5 Å². The number of amides is 2. The van der Waals surface area contributed by atoms with E-state index in [0.717, 1.165) is 23.6 Å². The summed E-state index contributed by atoms with van der Waals surface area (Å²) < 4.78 is 66.6. The molecule has 2 amide bonds. The van der Waals surface area contributed by atoms with Crippen LogP contribution in [0, 0.1) is 17.5 Å². The van der Waals surface area contributed by atoms with Crippen molar-refractivity contribution in [1.29, 1.82) is 0 Å². The summed E-state index contributed by atoms with van der Waals surface area (Å²) in [5.41, 5.74) is 4.55. The molecule has 3 heterocycles. The Morgan fingerprint density at radius 3 is 1.90 bits per heavy atom. The van der Waals surface area contributed by atoms with E-state index in [-0.39, 0.29) is 66.6 Å². The molecule has 61 heavy (non-hydrogen) atoms. The van der Waals surface area contributed by atoms with Crippen molar-refractivity contribution in [1.82, 2.24) is 26.0 Å². The molecule has 5 aromatic rings. The van der Waals surface area contributed by atoms with Crippen molar-refractivity contribution in [3.63, 3.8) is 0 Å². The van der Waals surface area contributed by atoms with Crippen LogP contribution in [0.5, 0.6) is 23.0 Å². The number of tetrazole rings is 1. The lowest BCUT2D eigenvalue weighted by molar-refractivity contribution is -0.119. The van der Waals surface area contributed by atoms with E-state index in [9.17, 15) is 22.8 Å². The fraction of sp³-hybridized carbons (Fsp3) is 0.349. The molecule has 0 bridgehead atoms. The lowest BCUT2D eigenvalue weighted by Gasteiger charge is -2.26. The van der Waals surface area contributed by atoms with Crippen molar-refractivity contribution in [3.8, 4) is 34.4 Å². The van der Waals surface area contributed by atoms with Gasteiger partial charge in [-0.2, -0.15) is 5.21 Å². The SMILES string of the molecule is CCC(=O)N(Cc1ccc2c(c1)OCCO2)c1cc(-c2nn[nH]n2)ccc1F.CCCCC(=O)N(Cc1ccc2c(c1)OCCO2)c1cc(C(=NC(C)C)NN)c(F)cc1F. The first-order chi connectivity index (χ1) is 29.5. The second-order valence-electron chi connectivity index (χ2n) is 14.3. The van der Waals surface area contributed by atoms with Crippen molar-refractivity contribution in [3.05, 3.63) is 101 Å². The maximum atomic E-state index is 15.0. The minimum Gasteiger partial charge on any atom is -0.486 e. The molecular weight excluding hydrogens is 796 g/mol. The Morgan fingerprint density at radius 2 is 1.36 bits per heavy atom. The van der Waals surface area contributed by atoms with E-state index in [1.165, 1.54) is 21.9 Å². The number of carbonyl (C=O) groups excluding carboxylic acids is 2. The van der Waals surface area contributed by atoms with Crippen LogP contribution < -0.4 is 40.0 Å². The average Bonchev–Trinajstić information content (AvgIpc) is 3.82. The van der Waals surface area contributed by atoms with Crippen LogP contribution in [-0.2, 0) is 22.7 Å². The minimum atomic E-state index is -0.848. The Bertz CT molecular complexity index is 2340. The van der Waals surface area contributed by atoms with Crippen LogP contribution in [0.2, 0.25) is 0 Å². The van der Waals surface area contributed by atoms with Gasteiger partial charge in [-0.25, -0.2) is 19.0 Å². The van der Waals surface area contributed by atoms with Gasteiger partial charge >= 0.3 is 0 Å². The maximum absolute atomic E-state index is 15.0. The molecule has 0 fully saturated rings. The number of unbranched alkanes of at least 4 members (excludes halogenated alkanes) is 1. The molecule has 0 saturated carbocycles. The average molecular weight is 844 g/mol. The molecule has 15 nitrogen and oxygen atoms in total. The van der Waals surface area contributed by atoms with Gasteiger partial charge < -0.3 is 34.2 Å². The van der Waals surface area contributed by atoms with Gasteiger partial charge in [0.25, 0.3) is 0 Å². The lowest BCUT2D eigenvalue weighted by atomic mass is 10.1. The van der Waals surface area contributed by atoms with Crippen LogP contribution in [-0.4, -0.2) is 70.7 Å². The number of aromatic amines is 1. The number of nitrogens with zero attached hydrogens (tertiary/aromatic N) is 6. The number of halogens is 3. The van der Waals surface area contributed by atoms with Gasteiger partial charge in [0.05, 0.1) is 30.0 Å². The predicted octanol–water partition coefficient (Wildman–Crippen LogP) is 6.80. The number of nitrogens with one attached hydrogen (secondary N) is 2. The molecule has 0 radical (unpaired) electrons. The van der Waals surface area contributed by atoms with Gasteiger partial charge in [-0.05, 0) is 85.1 Å². The van der Waals surface area contributed by atoms with E-state index >= 15 is 0 Å². The monoisotopic (exact) mass is 843 g/mol. The van der Waals surface area contributed by atoms with Crippen LogP contribution in [0.15, 0.2) is 71.7 Å². The molecule has 7 rings (SSSR count). The number of anilines is 2. The molecule has 322 valence electrons. The molecule has 0 atom stereocenters. The second kappa shape index (κ2) is 20.5. The molecule has 4 aromatic carbocycles. The topological polar surface area (TPSA) is 182 Å². The molecule has 0 unspecified atom stereocenters. The number of carbonyl (C=O) groups is 2. The Balaban J connectivity index is 0.000000206. The first-order valence-corrected chi connectivity index (χ1v) is 19.9. The summed E-state index contributed by atoms with van der Waals surface area (Å²) in [7, 11) is 0. The number of hydrogen-bond acceptors (Lipinski definition) is 11. The first kappa shape index (κ1) is 43.9. The van der Waals surface area contributed by atoms with Gasteiger partial charge in [0.1, 0.15) is 49.7 Å². The third-order valence-electron chi connectivity index (χ3n) is 9.49. The highest BCUT2D eigenvalue weighted by molar-refractivity contribution is 6.01. The summed E-state index contributed by atoms with van der Waals surface area (Å²) in [4.78, 5) is 32.7. The zero-order chi connectivity index (χ0) is 43.5. The van der Waals surface area contributed by atoms with E-state index in [1.807, 2.05) is 32.9 Å². The third kappa shape index (κ3) is 10.9. The summed E-state index contributed by atoms with van der Waals surface area (Å²) >= 11 is 0. The number of hydrogen-bond donors (Lipinski definition) is 3. The molecule has 0 spiro atoms. The molecule has 18 heteroatoms.